The van der Waals surface area contributed by atoms with Crippen LogP contribution < -0.4 is 4.74 Å². The van der Waals surface area contributed by atoms with Gasteiger partial charge in [0.1, 0.15) is 0 Å². The molecule has 0 aromatic heterocycles. The summed E-state index contributed by atoms with van der Waals surface area (Å²) in [6.45, 7) is 5.06. The number of ether oxygens (including phenoxy) is 1. The topological polar surface area (TPSA) is 86.5 Å². The molecule has 0 aliphatic carbocycles. The number of hydrogen-bond acceptors (Lipinski definition) is 5. The predicted molar refractivity (Wildman–Crippen MR) is 76.7 cm³/mol. The van der Waals surface area contributed by atoms with Gasteiger partial charge in [0.05, 0.1) is 17.3 Å². The number of halogens is 1. The highest BCUT2D eigenvalue weighted by Gasteiger charge is 2.27. The molecule has 0 N–H and O–H groups in total. The van der Waals surface area contributed by atoms with Gasteiger partial charge in [-0.1, -0.05) is 19.9 Å². The molecule has 0 bridgehead atoms. The van der Waals surface area contributed by atoms with E-state index in [4.69, 9.17) is 15.4 Å². The summed E-state index contributed by atoms with van der Waals surface area (Å²) < 4.78 is 27.6. The molecule has 6 nitrogen and oxygen atoms in total. The zero-order valence-electron chi connectivity index (χ0n) is 11.4. The van der Waals surface area contributed by atoms with Crippen molar-refractivity contribution in [3.63, 3.8) is 0 Å². The zero-order chi connectivity index (χ0) is 15.6. The minimum atomic E-state index is -3.66. The Balaban J connectivity index is 2.87. The number of rotatable bonds is 6. The van der Waals surface area contributed by atoms with Crippen molar-refractivity contribution in [1.29, 1.82) is 0 Å². The predicted octanol–water partition coefficient (Wildman–Crippen LogP) is 2.88. The smallest absolute Gasteiger partial charge is 0.311 e. The fraction of sp³-hybridized carbons (Fsp3) is 0.500. The fourth-order valence-electron chi connectivity index (χ4n) is 1.67. The van der Waals surface area contributed by atoms with Gasteiger partial charge in [-0.2, -0.15) is 0 Å². The molecule has 0 aliphatic heterocycles. The van der Waals surface area contributed by atoms with Gasteiger partial charge in [-0.3, -0.25) is 10.1 Å². The maximum Gasteiger partial charge on any atom is 0.311 e. The van der Waals surface area contributed by atoms with Gasteiger partial charge in [0.25, 0.3) is 0 Å². The lowest BCUT2D eigenvalue weighted by Crippen LogP contribution is -2.28. The minimum Gasteiger partial charge on any atom is -0.486 e. The third-order valence-corrected chi connectivity index (χ3v) is 3.95. The number of nitrogens with zero attached hydrogens (tertiary/aromatic N) is 1. The Bertz CT molecular complexity index is 612. The van der Waals surface area contributed by atoms with Crippen molar-refractivity contribution in [2.24, 2.45) is 5.41 Å². The second-order valence-corrected chi connectivity index (χ2v) is 8.14. The average molecular weight is 322 g/mol. The van der Waals surface area contributed by atoms with Gasteiger partial charge in [-0.05, 0) is 18.6 Å². The van der Waals surface area contributed by atoms with Crippen LogP contribution in [0.5, 0.6) is 5.75 Å². The minimum absolute atomic E-state index is 0.00283. The van der Waals surface area contributed by atoms with E-state index in [0.717, 1.165) is 5.56 Å². The lowest BCUT2D eigenvalue weighted by Gasteiger charge is -2.22. The van der Waals surface area contributed by atoms with Crippen LogP contribution in [0.25, 0.3) is 0 Å². The summed E-state index contributed by atoms with van der Waals surface area (Å²) in [5, 5.41) is 10.9. The largest absolute Gasteiger partial charge is 0.486 e. The standard InChI is InChI=1S/C12H16ClNO5S/c1-9-4-5-11(10(6-9)14(15)16)19-7-12(2,3)8-20(13,17)18/h4-6H,7-8H2,1-3H3. The Morgan fingerprint density at radius 3 is 2.50 bits per heavy atom. The third kappa shape index (κ3) is 5.34. The van der Waals surface area contributed by atoms with Crippen LogP contribution in [0.4, 0.5) is 5.69 Å². The van der Waals surface area contributed by atoms with Gasteiger partial charge >= 0.3 is 5.69 Å². The van der Waals surface area contributed by atoms with E-state index in [0.29, 0.717) is 0 Å². The van der Waals surface area contributed by atoms with Crippen LogP contribution in [0.3, 0.4) is 0 Å². The summed E-state index contributed by atoms with van der Waals surface area (Å²) in [6, 6.07) is 4.59. The summed E-state index contributed by atoms with van der Waals surface area (Å²) in [6.07, 6.45) is 0. The molecule has 20 heavy (non-hydrogen) atoms. The molecular formula is C12H16ClNO5S. The van der Waals surface area contributed by atoms with Crippen LogP contribution in [0.2, 0.25) is 0 Å². The van der Waals surface area contributed by atoms with Gasteiger partial charge in [-0.25, -0.2) is 8.42 Å². The molecule has 0 saturated heterocycles. The Kier molecular flexibility index (Phi) is 4.99. The van der Waals surface area contributed by atoms with Crippen LogP contribution >= 0.6 is 10.7 Å². The van der Waals surface area contributed by atoms with Gasteiger partial charge in [0.15, 0.2) is 5.75 Å². The summed E-state index contributed by atoms with van der Waals surface area (Å²) in [4.78, 5) is 10.4. The molecule has 0 atom stereocenters. The van der Waals surface area contributed by atoms with Gasteiger partial charge in [-0.15, -0.1) is 0 Å². The maximum absolute atomic E-state index is 11.1. The molecule has 0 heterocycles. The normalized spacial score (nSPS) is 12.2. The quantitative estimate of drug-likeness (QED) is 0.457. The van der Waals surface area contributed by atoms with Crippen molar-refractivity contribution in [1.82, 2.24) is 0 Å². The molecule has 1 aromatic carbocycles. The molecule has 0 spiro atoms. The Hall–Kier alpha value is -1.34. The van der Waals surface area contributed by atoms with Crippen molar-refractivity contribution in [3.8, 4) is 5.75 Å². The van der Waals surface area contributed by atoms with E-state index < -0.39 is 19.4 Å². The van der Waals surface area contributed by atoms with E-state index in [1.165, 1.54) is 12.1 Å². The highest BCUT2D eigenvalue weighted by atomic mass is 35.7. The number of nitro benzene ring substituents is 1. The van der Waals surface area contributed by atoms with Gasteiger partial charge in [0, 0.05) is 22.2 Å². The van der Waals surface area contributed by atoms with Crippen molar-refractivity contribution in [3.05, 3.63) is 33.9 Å². The lowest BCUT2D eigenvalue weighted by atomic mass is 9.98. The molecule has 0 unspecified atom stereocenters. The highest BCUT2D eigenvalue weighted by molar-refractivity contribution is 8.13. The second-order valence-electron chi connectivity index (χ2n) is 5.36. The molecule has 0 aliphatic rings. The second kappa shape index (κ2) is 5.97. The summed E-state index contributed by atoms with van der Waals surface area (Å²) in [5.74, 6) is -0.165. The van der Waals surface area contributed by atoms with Crippen LogP contribution in [0.15, 0.2) is 18.2 Å². The molecular weight excluding hydrogens is 306 g/mol. The number of nitro groups is 1. The molecule has 1 aromatic rings. The van der Waals surface area contributed by atoms with Crippen molar-refractivity contribution in [2.45, 2.75) is 20.8 Å². The highest BCUT2D eigenvalue weighted by Crippen LogP contribution is 2.30. The first-order chi connectivity index (χ1) is 9.00. The van der Waals surface area contributed by atoms with E-state index in [9.17, 15) is 18.5 Å². The fourth-order valence-corrected chi connectivity index (χ4v) is 3.58. The van der Waals surface area contributed by atoms with E-state index >= 15 is 0 Å². The van der Waals surface area contributed by atoms with Crippen LogP contribution in [0, 0.1) is 22.5 Å². The van der Waals surface area contributed by atoms with Crippen molar-refractivity contribution < 1.29 is 18.1 Å². The first kappa shape index (κ1) is 16.7. The summed E-state index contributed by atoms with van der Waals surface area (Å²) >= 11 is 0. The lowest BCUT2D eigenvalue weighted by molar-refractivity contribution is -0.386. The van der Waals surface area contributed by atoms with Crippen molar-refractivity contribution in [2.75, 3.05) is 12.4 Å². The van der Waals surface area contributed by atoms with Gasteiger partial charge in [0.2, 0.25) is 9.05 Å². The summed E-state index contributed by atoms with van der Waals surface area (Å²) in [5.41, 5.74) is -0.152. The maximum atomic E-state index is 11.1. The molecule has 0 fully saturated rings. The monoisotopic (exact) mass is 321 g/mol. The Morgan fingerprint density at radius 2 is 2.00 bits per heavy atom. The van der Waals surface area contributed by atoms with Crippen LogP contribution in [-0.2, 0) is 9.05 Å². The number of aryl methyl sites for hydroxylation is 1. The molecule has 112 valence electrons. The van der Waals surface area contributed by atoms with Gasteiger partial charge < -0.3 is 4.74 Å². The van der Waals surface area contributed by atoms with E-state index in [2.05, 4.69) is 0 Å². The Labute approximate surface area is 122 Å². The molecule has 1 rings (SSSR count). The number of hydrogen-bond donors (Lipinski definition) is 0. The van der Waals surface area contributed by atoms with Crippen LogP contribution in [0.1, 0.15) is 19.4 Å². The third-order valence-electron chi connectivity index (χ3n) is 2.49. The van der Waals surface area contributed by atoms with E-state index in [1.54, 1.807) is 26.8 Å². The first-order valence-electron chi connectivity index (χ1n) is 5.80. The zero-order valence-corrected chi connectivity index (χ0v) is 13.0. The van der Waals surface area contributed by atoms with E-state index in [-0.39, 0.29) is 23.8 Å². The Morgan fingerprint density at radius 1 is 1.40 bits per heavy atom. The van der Waals surface area contributed by atoms with E-state index in [1.807, 2.05) is 0 Å². The molecule has 0 radical (unpaired) electrons. The molecule has 0 saturated carbocycles. The molecule has 8 heteroatoms. The average Bonchev–Trinajstić information content (AvgIpc) is 2.23. The summed E-state index contributed by atoms with van der Waals surface area (Å²) in [7, 11) is 1.55. The number of benzene rings is 1. The SMILES string of the molecule is Cc1ccc(OCC(C)(C)CS(=O)(=O)Cl)c([N+](=O)[O-])c1. The van der Waals surface area contributed by atoms with Crippen molar-refractivity contribution >= 4 is 25.4 Å². The van der Waals surface area contributed by atoms with Crippen LogP contribution in [-0.4, -0.2) is 25.7 Å². The molecule has 0 amide bonds. The first-order valence-corrected chi connectivity index (χ1v) is 8.28.